The molecule has 82 heavy (non-hydrogen) atoms. The van der Waals surface area contributed by atoms with Crippen molar-refractivity contribution < 1.29 is 9.59 Å². The SMILES string of the molecule is CCCCCCCCCCN1C(=O)C2=C(c3ccc(C#Cc4ccc(-n5c6ccccc6c6ccccc65)cc4)s3)N(CCCCCCCCCC)C(=O)C2=C1c1ccc(C#Cc2ccc(-n3c4ccccc4c4ccccc43)cc2)s1. The molecule has 6 aromatic carbocycles. The molecular weight excluding hydrogens is 1040 g/mol. The first kappa shape index (κ1) is 54.4. The van der Waals surface area contributed by atoms with Crippen molar-refractivity contribution in [2.45, 2.75) is 117 Å². The van der Waals surface area contributed by atoms with E-state index < -0.39 is 0 Å². The number of rotatable bonds is 22. The third kappa shape index (κ3) is 11.2. The Bertz CT molecular complexity index is 3780. The van der Waals surface area contributed by atoms with Gasteiger partial charge in [-0.05, 0) is 110 Å². The minimum atomic E-state index is -0.0801. The number of unbranched alkanes of at least 4 members (excludes halogenated alkanes) is 14. The van der Waals surface area contributed by atoms with Crippen molar-refractivity contribution in [1.82, 2.24) is 18.9 Å². The predicted octanol–water partition coefficient (Wildman–Crippen LogP) is 18.9. The van der Waals surface area contributed by atoms with E-state index in [4.69, 9.17) is 0 Å². The van der Waals surface area contributed by atoms with Gasteiger partial charge in [-0.25, -0.2) is 0 Å². The molecule has 12 rings (SSSR count). The maximum Gasteiger partial charge on any atom is 0.261 e. The summed E-state index contributed by atoms with van der Waals surface area (Å²) in [4.78, 5) is 38.1. The first-order valence-electron chi connectivity index (χ1n) is 30.0. The molecule has 10 aromatic rings. The van der Waals surface area contributed by atoms with Crippen LogP contribution in [0.4, 0.5) is 0 Å². The largest absolute Gasteiger partial charge is 0.309 e. The average molecular weight is 1110 g/mol. The van der Waals surface area contributed by atoms with Crippen molar-refractivity contribution in [2.75, 3.05) is 13.1 Å². The van der Waals surface area contributed by atoms with Gasteiger partial charge in [0.1, 0.15) is 0 Å². The summed E-state index contributed by atoms with van der Waals surface area (Å²) in [5.74, 6) is 13.6. The van der Waals surface area contributed by atoms with Gasteiger partial charge in [-0.2, -0.15) is 0 Å². The molecule has 0 N–H and O–H groups in total. The van der Waals surface area contributed by atoms with Gasteiger partial charge in [-0.3, -0.25) is 9.59 Å². The van der Waals surface area contributed by atoms with Gasteiger partial charge in [0.2, 0.25) is 0 Å². The number of thiophene rings is 2. The second-order valence-electron chi connectivity index (χ2n) is 22.0. The summed E-state index contributed by atoms with van der Waals surface area (Å²) in [6.45, 7) is 5.63. The van der Waals surface area contributed by atoms with Gasteiger partial charge in [-0.1, -0.05) is 200 Å². The van der Waals surface area contributed by atoms with Crippen LogP contribution in [0.25, 0.3) is 66.4 Å². The Labute approximate surface area is 491 Å². The van der Waals surface area contributed by atoms with E-state index in [1.54, 1.807) is 22.7 Å². The number of para-hydroxylation sites is 4. The topological polar surface area (TPSA) is 50.5 Å². The lowest BCUT2D eigenvalue weighted by molar-refractivity contribution is -0.124. The Morgan fingerprint density at radius 1 is 0.341 bits per heavy atom. The molecule has 2 aliphatic rings. The van der Waals surface area contributed by atoms with E-state index in [0.29, 0.717) is 24.2 Å². The number of hydrogen-bond acceptors (Lipinski definition) is 4. The molecule has 0 radical (unpaired) electrons. The van der Waals surface area contributed by atoms with E-state index in [-0.39, 0.29) is 11.8 Å². The maximum atomic E-state index is 15.3. The molecule has 2 aliphatic heterocycles. The highest BCUT2D eigenvalue weighted by Crippen LogP contribution is 2.49. The van der Waals surface area contributed by atoms with Gasteiger partial charge in [0, 0.05) is 57.1 Å². The molecule has 410 valence electrons. The molecule has 0 bridgehead atoms. The fourth-order valence-corrected chi connectivity index (χ4v) is 14.1. The Morgan fingerprint density at radius 2 is 0.659 bits per heavy atom. The highest BCUT2D eigenvalue weighted by molar-refractivity contribution is 7.14. The zero-order valence-electron chi connectivity index (χ0n) is 47.3. The van der Waals surface area contributed by atoms with Crippen molar-refractivity contribution in [3.63, 3.8) is 0 Å². The summed E-state index contributed by atoms with van der Waals surface area (Å²) in [5.41, 5.74) is 11.2. The summed E-state index contributed by atoms with van der Waals surface area (Å²) >= 11 is 3.13. The van der Waals surface area contributed by atoms with Crippen LogP contribution in [-0.2, 0) is 9.59 Å². The molecule has 0 fully saturated rings. The van der Waals surface area contributed by atoms with Crippen molar-refractivity contribution >= 4 is 89.5 Å². The lowest BCUT2D eigenvalue weighted by Crippen LogP contribution is -2.30. The molecule has 6 nitrogen and oxygen atoms in total. The van der Waals surface area contributed by atoms with E-state index in [2.05, 4.69) is 217 Å². The Kier molecular flexibility index (Phi) is 16.8. The molecule has 0 unspecified atom stereocenters. The molecule has 0 saturated heterocycles. The number of carbonyl (C=O) groups is 2. The van der Waals surface area contributed by atoms with Crippen molar-refractivity contribution in [1.29, 1.82) is 0 Å². The molecule has 0 spiro atoms. The minimum Gasteiger partial charge on any atom is -0.309 e. The van der Waals surface area contributed by atoms with Crippen molar-refractivity contribution in [3.8, 4) is 35.1 Å². The standard InChI is InChI=1S/C74H70N4O2S2/c1-3-5-7-9-11-13-15-25-51-75-71(67-49-47-57(81-67)45-39-53-35-41-55(42-36-53)77-63-31-21-17-27-59(63)60-28-18-22-32-64(60)77)69-70(73(75)79)72(76(74(69)80)52-26-16-14-12-10-8-6-4-2)68-50-48-58(82-68)46-40-54-37-43-56(44-38-54)78-65-33-23-19-29-61(65)62-30-20-24-34-66(62)78/h17-24,27-38,41-44,47-50H,3-16,25-26,51-52H2,1-2H3. The van der Waals surface area contributed by atoms with Gasteiger partial charge in [0.05, 0.1) is 64.1 Å². The quantitative estimate of drug-likeness (QED) is 0.0502. The third-order valence-electron chi connectivity index (χ3n) is 16.4. The second kappa shape index (κ2) is 25.3. The summed E-state index contributed by atoms with van der Waals surface area (Å²) in [6, 6.07) is 59.5. The summed E-state index contributed by atoms with van der Waals surface area (Å²) in [5, 5.41) is 4.94. The monoisotopic (exact) mass is 1110 g/mol. The van der Waals surface area contributed by atoms with E-state index in [1.165, 1.54) is 108 Å². The summed E-state index contributed by atoms with van der Waals surface area (Å²) in [7, 11) is 0. The number of hydrogen-bond donors (Lipinski definition) is 0. The van der Waals surface area contributed by atoms with Crippen LogP contribution in [-0.4, -0.2) is 43.8 Å². The molecule has 0 aliphatic carbocycles. The van der Waals surface area contributed by atoms with Crippen LogP contribution in [0, 0.1) is 23.7 Å². The van der Waals surface area contributed by atoms with Gasteiger partial charge in [-0.15, -0.1) is 22.7 Å². The molecular formula is C74H70N4O2S2. The highest BCUT2D eigenvalue weighted by atomic mass is 32.1. The van der Waals surface area contributed by atoms with E-state index in [0.717, 1.165) is 91.9 Å². The Morgan fingerprint density at radius 3 is 1.00 bits per heavy atom. The number of fused-ring (bicyclic) bond motifs is 7. The van der Waals surface area contributed by atoms with Crippen LogP contribution in [0.3, 0.4) is 0 Å². The Hall–Kier alpha value is -8.14. The highest BCUT2D eigenvalue weighted by Gasteiger charge is 2.49. The van der Waals surface area contributed by atoms with Crippen molar-refractivity contribution in [2.24, 2.45) is 0 Å². The van der Waals surface area contributed by atoms with E-state index in [1.807, 2.05) is 9.80 Å². The number of aromatic nitrogens is 2. The van der Waals surface area contributed by atoms with Crippen LogP contribution < -0.4 is 0 Å². The van der Waals surface area contributed by atoms with E-state index >= 15 is 9.59 Å². The molecule has 4 aromatic heterocycles. The Balaban J connectivity index is 0.849. The molecule has 8 heteroatoms. The third-order valence-corrected chi connectivity index (χ3v) is 18.4. The van der Waals surface area contributed by atoms with Crippen LogP contribution in [0.1, 0.15) is 147 Å². The maximum absolute atomic E-state index is 15.3. The normalized spacial score (nSPS) is 13.3. The smallest absolute Gasteiger partial charge is 0.261 e. The zero-order chi connectivity index (χ0) is 55.8. The molecule has 6 heterocycles. The van der Waals surface area contributed by atoms with Gasteiger partial charge in [0.15, 0.2) is 0 Å². The van der Waals surface area contributed by atoms with Gasteiger partial charge in [0.25, 0.3) is 11.8 Å². The van der Waals surface area contributed by atoms with Crippen molar-refractivity contribution in [3.05, 3.63) is 212 Å². The number of benzene rings is 6. The predicted molar refractivity (Wildman–Crippen MR) is 345 cm³/mol. The zero-order valence-corrected chi connectivity index (χ0v) is 48.9. The molecule has 2 amide bonds. The number of amides is 2. The van der Waals surface area contributed by atoms with Crippen LogP contribution in [0.2, 0.25) is 0 Å². The average Bonchev–Trinajstić information content (AvgIpc) is 4.48. The van der Waals surface area contributed by atoms with E-state index in [9.17, 15) is 0 Å². The molecule has 0 atom stereocenters. The minimum absolute atomic E-state index is 0.0801. The first-order valence-corrected chi connectivity index (χ1v) is 31.7. The van der Waals surface area contributed by atoms with Crippen LogP contribution in [0.15, 0.2) is 181 Å². The van der Waals surface area contributed by atoms with Crippen LogP contribution >= 0.6 is 22.7 Å². The van der Waals surface area contributed by atoms with Gasteiger partial charge < -0.3 is 18.9 Å². The fraction of sp³-hybridized carbons (Fsp3) is 0.270. The fourth-order valence-electron chi connectivity index (χ4n) is 12.3. The number of nitrogens with zero attached hydrogens (tertiary/aromatic N) is 4. The lowest BCUT2D eigenvalue weighted by atomic mass is 10.1. The second-order valence-corrected chi connectivity index (χ2v) is 24.1. The van der Waals surface area contributed by atoms with Crippen LogP contribution in [0.5, 0.6) is 0 Å². The first-order chi connectivity index (χ1) is 40.5. The number of carbonyl (C=O) groups excluding carboxylic acids is 2. The summed E-state index contributed by atoms with van der Waals surface area (Å²) < 4.78 is 4.64. The summed E-state index contributed by atoms with van der Waals surface area (Å²) in [6.07, 6.45) is 18.6. The molecule has 0 saturated carbocycles. The lowest BCUT2D eigenvalue weighted by Gasteiger charge is -2.24. The van der Waals surface area contributed by atoms with Gasteiger partial charge >= 0.3 is 0 Å².